The van der Waals surface area contributed by atoms with Crippen molar-refractivity contribution < 1.29 is 14.3 Å². The van der Waals surface area contributed by atoms with Crippen LogP contribution < -0.4 is 20.0 Å². The number of anilines is 3. The molecule has 3 aromatic rings. The van der Waals surface area contributed by atoms with Crippen molar-refractivity contribution in [2.24, 2.45) is 4.99 Å². The fraction of sp³-hybridized carbons (Fsp3) is 0.394. The Morgan fingerprint density at radius 2 is 1.81 bits per heavy atom. The van der Waals surface area contributed by atoms with Crippen molar-refractivity contribution >= 4 is 40.8 Å². The number of carbonyl (C=O) groups excluding carboxylic acids is 2. The largest absolute Gasteiger partial charge is 0.375 e. The van der Waals surface area contributed by atoms with E-state index in [1.807, 2.05) is 43.0 Å². The summed E-state index contributed by atoms with van der Waals surface area (Å²) in [5.74, 6) is 0.522. The number of fused-ring (bicyclic) bond motifs is 1. The highest BCUT2D eigenvalue weighted by Gasteiger charge is 2.33. The van der Waals surface area contributed by atoms with Gasteiger partial charge in [0.1, 0.15) is 24.4 Å². The topological polar surface area (TPSA) is 93.6 Å². The molecule has 0 bridgehead atoms. The number of benzene rings is 2. The number of aldehydes is 1. The molecule has 43 heavy (non-hydrogen) atoms. The average molecular weight is 584 g/mol. The normalized spacial score (nSPS) is 18.2. The molecule has 2 aliphatic heterocycles. The summed E-state index contributed by atoms with van der Waals surface area (Å²) in [5, 5.41) is 3.33. The van der Waals surface area contributed by atoms with Crippen LogP contribution in [0.4, 0.5) is 22.7 Å². The number of aliphatic imine (C=N–C) groups is 1. The Morgan fingerprint density at radius 1 is 1.05 bits per heavy atom. The van der Waals surface area contributed by atoms with Gasteiger partial charge < -0.3 is 29.5 Å². The Labute approximate surface area is 254 Å². The molecule has 0 aliphatic carbocycles. The average Bonchev–Trinajstić information content (AvgIpc) is 3.02. The predicted molar refractivity (Wildman–Crippen MR) is 172 cm³/mol. The van der Waals surface area contributed by atoms with Crippen molar-refractivity contribution in [3.8, 4) is 0 Å². The van der Waals surface area contributed by atoms with Gasteiger partial charge in [0.2, 0.25) is 0 Å². The van der Waals surface area contributed by atoms with E-state index in [9.17, 15) is 9.59 Å². The van der Waals surface area contributed by atoms with Crippen LogP contribution in [0.25, 0.3) is 0 Å². The van der Waals surface area contributed by atoms with E-state index in [1.165, 1.54) is 0 Å². The maximum atomic E-state index is 13.9. The third kappa shape index (κ3) is 6.61. The number of carbonyl (C=O) groups is 2. The van der Waals surface area contributed by atoms with Crippen LogP contribution in [0.5, 0.6) is 0 Å². The SMILES string of the molecule is CC1=Nc2ccc(N(C)CCCN(C)C)cc2C(C=O)N1c1cc(N(C(=O)c2ccncc2)C2CNCCO2)ccc1C. The highest BCUT2D eigenvalue weighted by molar-refractivity contribution is 6.08. The van der Waals surface area contributed by atoms with Crippen molar-refractivity contribution in [2.75, 3.05) is 68.6 Å². The Hall–Kier alpha value is -4.12. The van der Waals surface area contributed by atoms with E-state index in [4.69, 9.17) is 9.73 Å². The number of amidine groups is 1. The predicted octanol–water partition coefficient (Wildman–Crippen LogP) is 4.18. The van der Waals surface area contributed by atoms with Gasteiger partial charge in [0.25, 0.3) is 5.91 Å². The number of aryl methyl sites for hydroxylation is 1. The van der Waals surface area contributed by atoms with Crippen molar-refractivity contribution in [3.05, 3.63) is 77.6 Å². The third-order valence-corrected chi connectivity index (χ3v) is 7.98. The molecule has 1 fully saturated rings. The van der Waals surface area contributed by atoms with E-state index < -0.39 is 12.3 Å². The third-order valence-electron chi connectivity index (χ3n) is 7.98. The fourth-order valence-corrected chi connectivity index (χ4v) is 5.67. The second-order valence-electron chi connectivity index (χ2n) is 11.3. The summed E-state index contributed by atoms with van der Waals surface area (Å²) in [6.07, 6.45) is 4.74. The lowest BCUT2D eigenvalue weighted by atomic mass is 9.98. The lowest BCUT2D eigenvalue weighted by Crippen LogP contribution is -2.52. The molecule has 10 heteroatoms. The molecule has 0 spiro atoms. The summed E-state index contributed by atoms with van der Waals surface area (Å²) >= 11 is 0. The molecule has 1 aromatic heterocycles. The van der Waals surface area contributed by atoms with Crippen molar-refractivity contribution in [1.29, 1.82) is 0 Å². The van der Waals surface area contributed by atoms with Crippen LogP contribution in [0.3, 0.4) is 0 Å². The Kier molecular flexibility index (Phi) is 9.49. The number of hydrogen-bond acceptors (Lipinski definition) is 9. The standard InChI is InChI=1S/C33H41N7O3/c1-23-7-8-27(40(32-21-35-15-18-43-32)33(42)25-11-13-34-14-12-25)20-30(23)39-24(2)36-29-10-9-26(19-28(29)31(39)22-41)38(5)17-6-16-37(3)4/h7-14,19-20,22,31-32,35H,6,15-18,21H2,1-5H3. The number of rotatable bonds is 10. The minimum Gasteiger partial charge on any atom is -0.375 e. The Balaban J connectivity index is 1.51. The zero-order chi connectivity index (χ0) is 30.5. The molecule has 10 nitrogen and oxygen atoms in total. The van der Waals surface area contributed by atoms with Gasteiger partial charge in [-0.25, -0.2) is 4.99 Å². The minimum atomic E-state index is -0.575. The summed E-state index contributed by atoms with van der Waals surface area (Å²) in [6.45, 7) is 7.55. The summed E-state index contributed by atoms with van der Waals surface area (Å²) < 4.78 is 6.07. The molecule has 226 valence electrons. The molecule has 1 saturated heterocycles. The smallest absolute Gasteiger partial charge is 0.260 e. The van der Waals surface area contributed by atoms with Gasteiger partial charge in [-0.05, 0) is 88.9 Å². The van der Waals surface area contributed by atoms with Crippen LogP contribution >= 0.6 is 0 Å². The van der Waals surface area contributed by atoms with Crippen LogP contribution in [-0.4, -0.2) is 88.1 Å². The first-order chi connectivity index (χ1) is 20.8. The van der Waals surface area contributed by atoms with Gasteiger partial charge in [-0.2, -0.15) is 0 Å². The van der Waals surface area contributed by atoms with Gasteiger partial charge in [0.15, 0.2) is 0 Å². The molecule has 0 radical (unpaired) electrons. The van der Waals surface area contributed by atoms with E-state index in [2.05, 4.69) is 53.4 Å². The second-order valence-corrected chi connectivity index (χ2v) is 11.3. The number of morpholine rings is 1. The quantitative estimate of drug-likeness (QED) is 0.356. The summed E-state index contributed by atoms with van der Waals surface area (Å²) in [5.41, 5.74) is 5.65. The number of ether oxygens (including phenoxy) is 1. The lowest BCUT2D eigenvalue weighted by Gasteiger charge is -2.38. The van der Waals surface area contributed by atoms with E-state index in [-0.39, 0.29) is 5.91 Å². The van der Waals surface area contributed by atoms with Crippen LogP contribution in [0.2, 0.25) is 0 Å². The zero-order valence-corrected chi connectivity index (χ0v) is 25.7. The molecule has 5 rings (SSSR count). The Morgan fingerprint density at radius 3 is 2.51 bits per heavy atom. The van der Waals surface area contributed by atoms with E-state index in [0.29, 0.717) is 30.2 Å². The van der Waals surface area contributed by atoms with Crippen LogP contribution in [-0.2, 0) is 9.53 Å². The zero-order valence-electron chi connectivity index (χ0n) is 25.7. The first-order valence-electron chi connectivity index (χ1n) is 14.7. The Bertz CT molecular complexity index is 1470. The number of pyridine rings is 1. The monoisotopic (exact) mass is 583 g/mol. The van der Waals surface area contributed by atoms with Crippen LogP contribution in [0.1, 0.15) is 40.9 Å². The second kappa shape index (κ2) is 13.5. The van der Waals surface area contributed by atoms with Crippen molar-refractivity contribution in [3.63, 3.8) is 0 Å². The summed E-state index contributed by atoms with van der Waals surface area (Å²) in [6, 6.07) is 14.8. The van der Waals surface area contributed by atoms with Gasteiger partial charge in [-0.3, -0.25) is 14.7 Å². The molecule has 2 aliphatic rings. The molecule has 1 amide bonds. The van der Waals surface area contributed by atoms with Crippen LogP contribution in [0.15, 0.2) is 65.9 Å². The van der Waals surface area contributed by atoms with Gasteiger partial charge in [0.05, 0.1) is 12.3 Å². The van der Waals surface area contributed by atoms with Crippen LogP contribution in [0, 0.1) is 6.92 Å². The summed E-state index contributed by atoms with van der Waals surface area (Å²) in [4.78, 5) is 43.7. The molecule has 2 aromatic carbocycles. The molecule has 2 unspecified atom stereocenters. The molecule has 0 saturated carbocycles. The maximum Gasteiger partial charge on any atom is 0.260 e. The molecule has 3 heterocycles. The molecular formula is C33H41N7O3. The number of hydrogen-bond donors (Lipinski definition) is 1. The number of nitrogens with zero attached hydrogens (tertiary/aromatic N) is 6. The van der Waals surface area contributed by atoms with E-state index in [0.717, 1.165) is 60.5 Å². The highest BCUT2D eigenvalue weighted by atomic mass is 16.5. The molecule has 2 atom stereocenters. The lowest BCUT2D eigenvalue weighted by molar-refractivity contribution is -0.108. The van der Waals surface area contributed by atoms with Gasteiger partial charge in [0, 0.05) is 67.3 Å². The number of aromatic nitrogens is 1. The highest BCUT2D eigenvalue weighted by Crippen LogP contribution is 2.41. The number of nitrogens with one attached hydrogen (secondary N) is 1. The minimum absolute atomic E-state index is 0.186. The van der Waals surface area contributed by atoms with Crippen molar-refractivity contribution in [2.45, 2.75) is 32.5 Å². The molecule has 1 N–H and O–H groups in total. The first-order valence-corrected chi connectivity index (χ1v) is 14.7. The number of amides is 1. The van der Waals surface area contributed by atoms with Crippen molar-refractivity contribution in [1.82, 2.24) is 15.2 Å². The fourth-order valence-electron chi connectivity index (χ4n) is 5.67. The van der Waals surface area contributed by atoms with Gasteiger partial charge in [-0.15, -0.1) is 0 Å². The maximum absolute atomic E-state index is 13.9. The van der Waals surface area contributed by atoms with E-state index >= 15 is 0 Å². The summed E-state index contributed by atoms with van der Waals surface area (Å²) in [7, 11) is 6.23. The first kappa shape index (κ1) is 30.3. The van der Waals surface area contributed by atoms with Gasteiger partial charge in [-0.1, -0.05) is 6.07 Å². The van der Waals surface area contributed by atoms with Gasteiger partial charge >= 0.3 is 0 Å². The molecular weight excluding hydrogens is 542 g/mol. The van der Waals surface area contributed by atoms with E-state index in [1.54, 1.807) is 29.4 Å².